The average Bonchev–Trinajstić information content (AvgIpc) is 3.53. The molecule has 3 aliphatic rings. The van der Waals surface area contributed by atoms with E-state index in [1.54, 1.807) is 49.6 Å². The van der Waals surface area contributed by atoms with E-state index < -0.39 is 34.9 Å². The van der Waals surface area contributed by atoms with E-state index in [0.29, 0.717) is 51.2 Å². The van der Waals surface area contributed by atoms with E-state index in [9.17, 15) is 31.9 Å². The Balaban J connectivity index is 0.000000219. The van der Waals surface area contributed by atoms with E-state index in [1.807, 2.05) is 6.07 Å². The second kappa shape index (κ2) is 15.4. The molecule has 0 saturated carbocycles. The summed E-state index contributed by atoms with van der Waals surface area (Å²) >= 11 is 0.992. The van der Waals surface area contributed by atoms with Crippen molar-refractivity contribution in [2.24, 2.45) is 5.41 Å². The molecule has 2 N–H and O–H groups in total. The molecular formula is C39H34F4N6O4S. The van der Waals surface area contributed by atoms with Crippen LogP contribution in [-0.2, 0) is 11.2 Å². The molecule has 3 aromatic heterocycles. The molecule has 0 unspecified atom stereocenters. The van der Waals surface area contributed by atoms with Gasteiger partial charge >= 0.3 is 0 Å². The number of carbonyl (C=O) groups is 3. The van der Waals surface area contributed by atoms with Crippen molar-refractivity contribution in [2.45, 2.75) is 19.3 Å². The molecule has 0 atom stereocenters. The first-order chi connectivity index (χ1) is 26.1. The maximum absolute atomic E-state index is 14.3. The molecule has 2 saturated heterocycles. The number of rotatable bonds is 6. The van der Waals surface area contributed by atoms with Crippen LogP contribution in [0.3, 0.4) is 0 Å². The Morgan fingerprint density at radius 2 is 1.67 bits per heavy atom. The molecule has 0 aliphatic carbocycles. The first-order valence-electron chi connectivity index (χ1n) is 17.1. The molecule has 10 nitrogen and oxygen atoms in total. The Morgan fingerprint density at radius 1 is 0.944 bits per heavy atom. The van der Waals surface area contributed by atoms with Crippen LogP contribution in [0.15, 0.2) is 73.1 Å². The van der Waals surface area contributed by atoms with E-state index in [4.69, 9.17) is 4.74 Å². The summed E-state index contributed by atoms with van der Waals surface area (Å²) in [6.45, 7) is 3.94. The highest BCUT2D eigenvalue weighted by Gasteiger charge is 2.44. The van der Waals surface area contributed by atoms with E-state index in [2.05, 4.69) is 25.5 Å². The Bertz CT molecular complexity index is 2200. The van der Waals surface area contributed by atoms with Crippen molar-refractivity contribution < 1.29 is 36.7 Å². The van der Waals surface area contributed by atoms with Gasteiger partial charge in [-0.1, -0.05) is 0 Å². The van der Waals surface area contributed by atoms with Crippen molar-refractivity contribution in [3.05, 3.63) is 118 Å². The number of carbonyl (C=O) groups excluding carboxylic acids is 3. The molecule has 2 aromatic carbocycles. The molecule has 278 valence electrons. The number of ether oxygens (including phenoxy) is 1. The summed E-state index contributed by atoms with van der Waals surface area (Å²) in [5, 5.41) is 5.12. The summed E-state index contributed by atoms with van der Waals surface area (Å²) in [7, 11) is 1.76. The fraction of sp³-hybridized carbons (Fsp3) is 0.256. The third-order valence-electron chi connectivity index (χ3n) is 9.74. The van der Waals surface area contributed by atoms with Crippen LogP contribution in [0.25, 0.3) is 10.6 Å². The largest absolute Gasteiger partial charge is 0.388 e. The predicted molar refractivity (Wildman–Crippen MR) is 197 cm³/mol. The standard InChI is InChI=1S/C26H18F4N4O2S.C13H16N2O2/c1-31-17-4-2-13(3-5-17)26(36)34-7-6-14-8-21(37-24(14)23-20(34)11-16(28)12-32-23)25(35)33-22-18(29)9-15(27)10-19(22)30;16-8-11-2-1-5-14-12(11)15-9-13(10-15)3-6-17-7-4-13/h2-5,8-12,31H,6-7H2,1H3,(H,33,35);1-2,5,8H,3-4,6-7,9-10H2. The summed E-state index contributed by atoms with van der Waals surface area (Å²) in [6.07, 6.45) is 6.23. The van der Waals surface area contributed by atoms with Crippen molar-refractivity contribution in [3.63, 3.8) is 0 Å². The van der Waals surface area contributed by atoms with Crippen molar-refractivity contribution in [2.75, 3.05) is 60.3 Å². The molecular weight excluding hydrogens is 725 g/mol. The topological polar surface area (TPSA) is 117 Å². The number of fused-ring (bicyclic) bond motifs is 3. The Morgan fingerprint density at radius 3 is 2.35 bits per heavy atom. The Hall–Kier alpha value is -5.67. The predicted octanol–water partition coefficient (Wildman–Crippen LogP) is 7.37. The quantitative estimate of drug-likeness (QED) is 0.136. The van der Waals surface area contributed by atoms with Crippen LogP contribution in [0.4, 0.5) is 40.4 Å². The van der Waals surface area contributed by atoms with Crippen molar-refractivity contribution in [1.82, 2.24) is 9.97 Å². The number of thiophene rings is 1. The molecule has 2 fully saturated rings. The average molecular weight is 759 g/mol. The van der Waals surface area contributed by atoms with E-state index in [-0.39, 0.29) is 23.0 Å². The number of anilines is 4. The van der Waals surface area contributed by atoms with E-state index >= 15 is 0 Å². The Labute approximate surface area is 311 Å². The van der Waals surface area contributed by atoms with Gasteiger partial charge in [0.05, 0.1) is 27.2 Å². The molecule has 0 radical (unpaired) electrons. The van der Waals surface area contributed by atoms with Gasteiger partial charge < -0.3 is 25.2 Å². The van der Waals surface area contributed by atoms with Crippen molar-refractivity contribution in [1.29, 1.82) is 0 Å². The molecule has 2 amide bonds. The lowest BCUT2D eigenvalue weighted by molar-refractivity contribution is -0.000498. The number of pyridine rings is 2. The second-order valence-corrected chi connectivity index (χ2v) is 14.3. The number of nitrogens with zero attached hydrogens (tertiary/aromatic N) is 4. The monoisotopic (exact) mass is 758 g/mol. The van der Waals surface area contributed by atoms with Crippen LogP contribution in [0.5, 0.6) is 0 Å². The molecule has 1 spiro atoms. The highest BCUT2D eigenvalue weighted by atomic mass is 32.1. The summed E-state index contributed by atoms with van der Waals surface area (Å²) in [4.78, 5) is 49.9. The molecule has 6 heterocycles. The third kappa shape index (κ3) is 7.41. The molecule has 5 aromatic rings. The highest BCUT2D eigenvalue weighted by molar-refractivity contribution is 7.17. The Kier molecular flexibility index (Phi) is 10.4. The minimum atomic E-state index is -1.25. The number of amides is 2. The zero-order valence-electron chi connectivity index (χ0n) is 29.0. The SMILES string of the molecule is CNc1ccc(C(=O)N2CCc3cc(C(=O)Nc4c(F)cc(F)cc4F)sc3-c3ncc(F)cc32)cc1.O=Cc1cccnc1N1CC2(CCOCC2)C1. The second-order valence-electron chi connectivity index (χ2n) is 13.2. The summed E-state index contributed by atoms with van der Waals surface area (Å²) < 4.78 is 60.9. The normalized spacial score (nSPS) is 15.5. The van der Waals surface area contributed by atoms with Crippen LogP contribution >= 0.6 is 11.3 Å². The number of hydrogen-bond donors (Lipinski definition) is 2. The van der Waals surface area contributed by atoms with Gasteiger partial charge in [-0.25, -0.2) is 22.5 Å². The lowest BCUT2D eigenvalue weighted by Gasteiger charge is -2.52. The number of hydrogen-bond acceptors (Lipinski definition) is 9. The lowest BCUT2D eigenvalue weighted by Crippen LogP contribution is -2.59. The minimum Gasteiger partial charge on any atom is -0.388 e. The van der Waals surface area contributed by atoms with Gasteiger partial charge in [-0.2, -0.15) is 0 Å². The van der Waals surface area contributed by atoms with Gasteiger partial charge in [0.25, 0.3) is 11.8 Å². The van der Waals surface area contributed by atoms with Gasteiger partial charge in [0.2, 0.25) is 0 Å². The van der Waals surface area contributed by atoms with Crippen LogP contribution in [0.1, 0.15) is 48.8 Å². The molecule has 3 aliphatic heterocycles. The fourth-order valence-electron chi connectivity index (χ4n) is 6.87. The first kappa shape index (κ1) is 36.7. The first-order valence-corrected chi connectivity index (χ1v) is 18.0. The number of aromatic nitrogens is 2. The minimum absolute atomic E-state index is 0.118. The van der Waals surface area contributed by atoms with Gasteiger partial charge in [0.15, 0.2) is 17.9 Å². The molecule has 0 bridgehead atoms. The van der Waals surface area contributed by atoms with Gasteiger partial charge in [-0.3, -0.25) is 19.4 Å². The number of aldehydes is 1. The molecule has 54 heavy (non-hydrogen) atoms. The summed E-state index contributed by atoms with van der Waals surface area (Å²) in [5.41, 5.74) is 2.78. The number of halogens is 4. The van der Waals surface area contributed by atoms with Crippen LogP contribution < -0.4 is 20.4 Å². The van der Waals surface area contributed by atoms with Crippen molar-refractivity contribution >= 4 is 52.3 Å². The van der Waals surface area contributed by atoms with Crippen molar-refractivity contribution in [3.8, 4) is 10.6 Å². The van der Waals surface area contributed by atoms with Crippen LogP contribution in [0.2, 0.25) is 0 Å². The number of nitrogens with one attached hydrogen (secondary N) is 2. The summed E-state index contributed by atoms with van der Waals surface area (Å²) in [5.74, 6) is -4.55. The maximum atomic E-state index is 14.3. The highest BCUT2D eigenvalue weighted by Crippen LogP contribution is 2.43. The smallest absolute Gasteiger partial charge is 0.265 e. The van der Waals surface area contributed by atoms with Gasteiger partial charge in [0, 0.05) is 81.0 Å². The number of benzene rings is 2. The van der Waals surface area contributed by atoms with Crippen LogP contribution in [-0.4, -0.2) is 68.0 Å². The third-order valence-corrected chi connectivity index (χ3v) is 10.9. The molecule has 15 heteroatoms. The summed E-state index contributed by atoms with van der Waals surface area (Å²) in [6, 6.07) is 14.1. The fourth-order valence-corrected chi connectivity index (χ4v) is 7.98. The van der Waals surface area contributed by atoms with Crippen LogP contribution in [0, 0.1) is 28.7 Å². The lowest BCUT2D eigenvalue weighted by atomic mass is 9.73. The van der Waals surface area contributed by atoms with E-state index in [1.165, 1.54) is 11.0 Å². The van der Waals surface area contributed by atoms with Gasteiger partial charge in [-0.15, -0.1) is 11.3 Å². The van der Waals surface area contributed by atoms with Gasteiger partial charge in [0.1, 0.15) is 28.8 Å². The maximum Gasteiger partial charge on any atom is 0.265 e. The zero-order chi connectivity index (χ0) is 38.0. The zero-order valence-corrected chi connectivity index (χ0v) is 29.8. The van der Waals surface area contributed by atoms with E-state index in [0.717, 1.165) is 74.5 Å². The van der Waals surface area contributed by atoms with Gasteiger partial charge in [-0.05, 0) is 67.3 Å². The molecule has 8 rings (SSSR count).